The van der Waals surface area contributed by atoms with Crippen LogP contribution in [-0.4, -0.2) is 32.5 Å². The molecule has 3 amide bonds. The summed E-state index contributed by atoms with van der Waals surface area (Å²) in [5, 5.41) is 13.1. The van der Waals surface area contributed by atoms with Gasteiger partial charge in [0.25, 0.3) is 17.5 Å². The monoisotopic (exact) mass is 450 g/mol. The molecular formula is C22H18N4O5S. The fourth-order valence-electron chi connectivity index (χ4n) is 3.55. The summed E-state index contributed by atoms with van der Waals surface area (Å²) >= 11 is 1.23. The second kappa shape index (κ2) is 7.97. The third-order valence-corrected chi connectivity index (χ3v) is 6.22. The van der Waals surface area contributed by atoms with E-state index < -0.39 is 16.7 Å². The molecule has 2 aromatic carbocycles. The lowest BCUT2D eigenvalue weighted by Gasteiger charge is -2.21. The number of carbonyl (C=O) groups excluding carboxylic acids is 3. The summed E-state index contributed by atoms with van der Waals surface area (Å²) in [5.74, 6) is -1.36. The van der Waals surface area contributed by atoms with E-state index in [1.807, 2.05) is 32.0 Å². The predicted molar refractivity (Wildman–Crippen MR) is 118 cm³/mol. The first-order chi connectivity index (χ1) is 15.2. The molecule has 0 atom stereocenters. The van der Waals surface area contributed by atoms with Crippen LogP contribution >= 0.6 is 11.3 Å². The number of fused-ring (bicyclic) bond motifs is 1. The van der Waals surface area contributed by atoms with Crippen LogP contribution in [0.15, 0.2) is 41.8 Å². The van der Waals surface area contributed by atoms with Crippen LogP contribution in [0.3, 0.4) is 0 Å². The molecule has 0 fully saturated rings. The normalized spacial score (nSPS) is 12.8. The van der Waals surface area contributed by atoms with Crippen molar-refractivity contribution in [2.75, 3.05) is 4.90 Å². The minimum Gasteiger partial charge on any atom is -0.274 e. The van der Waals surface area contributed by atoms with Crippen LogP contribution in [0.1, 0.15) is 44.5 Å². The van der Waals surface area contributed by atoms with Crippen molar-refractivity contribution >= 4 is 45.6 Å². The fourth-order valence-corrected chi connectivity index (χ4v) is 4.43. The third-order valence-electron chi connectivity index (χ3n) is 5.35. The Hall–Kier alpha value is -3.92. The van der Waals surface area contributed by atoms with Crippen molar-refractivity contribution in [2.45, 2.75) is 27.3 Å². The first-order valence-electron chi connectivity index (χ1n) is 9.65. The molecule has 2 heterocycles. The summed E-state index contributed by atoms with van der Waals surface area (Å²) in [7, 11) is 0. The van der Waals surface area contributed by atoms with Crippen molar-refractivity contribution in [3.63, 3.8) is 0 Å². The molecule has 1 aliphatic heterocycles. The summed E-state index contributed by atoms with van der Waals surface area (Å²) in [5.41, 5.74) is 2.99. The number of aryl methyl sites for hydroxylation is 1. The number of carbonyl (C=O) groups is 3. The van der Waals surface area contributed by atoms with E-state index in [0.29, 0.717) is 16.5 Å². The largest absolute Gasteiger partial charge is 0.274 e. The van der Waals surface area contributed by atoms with E-state index in [4.69, 9.17) is 0 Å². The van der Waals surface area contributed by atoms with E-state index in [1.54, 1.807) is 5.38 Å². The van der Waals surface area contributed by atoms with Crippen LogP contribution in [0.5, 0.6) is 0 Å². The van der Waals surface area contributed by atoms with Crippen LogP contribution in [0.25, 0.3) is 0 Å². The average Bonchev–Trinajstić information content (AvgIpc) is 3.29. The van der Waals surface area contributed by atoms with Crippen molar-refractivity contribution in [1.29, 1.82) is 0 Å². The second-order valence-corrected chi connectivity index (χ2v) is 8.21. The topological polar surface area (TPSA) is 114 Å². The zero-order valence-corrected chi connectivity index (χ0v) is 18.3. The Labute approximate surface area is 187 Å². The lowest BCUT2D eigenvalue weighted by molar-refractivity contribution is -0.384. The highest BCUT2D eigenvalue weighted by Gasteiger charge is 2.37. The summed E-state index contributed by atoms with van der Waals surface area (Å²) in [6.45, 7) is 5.22. The maximum Gasteiger partial charge on any atom is 0.270 e. The molecule has 0 saturated carbocycles. The van der Waals surface area contributed by atoms with Crippen molar-refractivity contribution in [3.8, 4) is 0 Å². The molecule has 0 saturated heterocycles. The number of hydrogen-bond donors (Lipinski definition) is 0. The number of hydrogen-bond acceptors (Lipinski definition) is 7. The number of thiazole rings is 1. The minimum atomic E-state index is -0.614. The van der Waals surface area contributed by atoms with Crippen LogP contribution in [0, 0.1) is 24.0 Å². The smallest absolute Gasteiger partial charge is 0.270 e. The van der Waals surface area contributed by atoms with Gasteiger partial charge >= 0.3 is 0 Å². The number of nitro benzene ring substituents is 1. The number of non-ortho nitro benzene ring substituents is 1. The minimum absolute atomic E-state index is 0.000371. The van der Waals surface area contributed by atoms with E-state index in [2.05, 4.69) is 4.98 Å². The van der Waals surface area contributed by atoms with Gasteiger partial charge in [-0.1, -0.05) is 12.1 Å². The molecule has 162 valence electrons. The standard InChI is InChI=1S/C22H18N4O5S/c1-12-5-4-6-19(13(12)2)25(14(3)27)22-23-15(11-32-22)10-24-20(28)17-8-7-16(26(30)31)9-18(17)21(24)29/h4-9,11H,10H2,1-3H3. The zero-order chi connectivity index (χ0) is 23.2. The maximum atomic E-state index is 12.7. The van der Waals surface area contributed by atoms with Gasteiger partial charge in [-0.2, -0.15) is 0 Å². The number of imide groups is 1. The SMILES string of the molecule is CC(=O)N(c1nc(CN2C(=O)c3ccc([N+](=O)[O-])cc3C2=O)cs1)c1cccc(C)c1C. The lowest BCUT2D eigenvalue weighted by Crippen LogP contribution is -2.29. The molecule has 0 N–H and O–H groups in total. The summed E-state index contributed by atoms with van der Waals surface area (Å²) in [6, 6.07) is 9.25. The predicted octanol–water partition coefficient (Wildman–Crippen LogP) is 4.15. The molecule has 3 aromatic rings. The first kappa shape index (κ1) is 21.3. The molecule has 0 spiro atoms. The van der Waals surface area contributed by atoms with Gasteiger partial charge in [0.05, 0.1) is 34.0 Å². The lowest BCUT2D eigenvalue weighted by atomic mass is 10.1. The van der Waals surface area contributed by atoms with Gasteiger partial charge in [0.2, 0.25) is 5.91 Å². The van der Waals surface area contributed by atoms with Crippen molar-refractivity contribution < 1.29 is 19.3 Å². The molecule has 1 aliphatic rings. The van der Waals surface area contributed by atoms with E-state index in [0.717, 1.165) is 22.1 Å². The van der Waals surface area contributed by atoms with Crippen molar-refractivity contribution in [2.24, 2.45) is 0 Å². The highest BCUT2D eigenvalue weighted by atomic mass is 32.1. The molecule has 10 heteroatoms. The highest BCUT2D eigenvalue weighted by Crippen LogP contribution is 2.34. The Balaban J connectivity index is 1.62. The summed E-state index contributed by atoms with van der Waals surface area (Å²) in [4.78, 5) is 55.2. The maximum absolute atomic E-state index is 12.7. The van der Waals surface area contributed by atoms with Gasteiger partial charge in [0.15, 0.2) is 5.13 Å². The molecule has 0 unspecified atom stereocenters. The van der Waals surface area contributed by atoms with E-state index in [-0.39, 0.29) is 29.3 Å². The van der Waals surface area contributed by atoms with E-state index in [9.17, 15) is 24.5 Å². The second-order valence-electron chi connectivity index (χ2n) is 7.38. The van der Waals surface area contributed by atoms with Crippen LogP contribution in [-0.2, 0) is 11.3 Å². The molecule has 4 rings (SSSR count). The number of nitro groups is 1. The van der Waals surface area contributed by atoms with Gasteiger partial charge in [-0.15, -0.1) is 11.3 Å². The summed E-state index contributed by atoms with van der Waals surface area (Å²) in [6.07, 6.45) is 0. The number of anilines is 2. The quantitative estimate of drug-likeness (QED) is 0.328. The van der Waals surface area contributed by atoms with Gasteiger partial charge in [0.1, 0.15) is 0 Å². The van der Waals surface area contributed by atoms with Gasteiger partial charge in [0, 0.05) is 24.4 Å². The number of rotatable bonds is 5. The zero-order valence-electron chi connectivity index (χ0n) is 17.5. The Bertz CT molecular complexity index is 1300. The number of nitrogens with zero attached hydrogens (tertiary/aromatic N) is 4. The van der Waals surface area contributed by atoms with Crippen molar-refractivity contribution in [3.05, 3.63) is 79.8 Å². The van der Waals surface area contributed by atoms with Crippen LogP contribution < -0.4 is 4.90 Å². The van der Waals surface area contributed by atoms with Gasteiger partial charge in [-0.25, -0.2) is 4.98 Å². The Morgan fingerprint density at radius 2 is 1.88 bits per heavy atom. The molecule has 9 nitrogen and oxygen atoms in total. The number of amides is 3. The fraction of sp³-hybridized carbons (Fsp3) is 0.182. The van der Waals surface area contributed by atoms with Gasteiger partial charge < -0.3 is 0 Å². The van der Waals surface area contributed by atoms with Crippen molar-refractivity contribution in [1.82, 2.24) is 9.88 Å². The molecule has 0 aliphatic carbocycles. The third kappa shape index (κ3) is 3.54. The number of benzene rings is 2. The van der Waals surface area contributed by atoms with Gasteiger partial charge in [-0.05, 0) is 37.1 Å². The molecule has 0 bridgehead atoms. The molecular weight excluding hydrogens is 432 g/mol. The van der Waals surface area contributed by atoms with Crippen LogP contribution in [0.2, 0.25) is 0 Å². The molecule has 0 radical (unpaired) electrons. The Morgan fingerprint density at radius 3 is 2.56 bits per heavy atom. The first-order valence-corrected chi connectivity index (χ1v) is 10.5. The molecule has 1 aromatic heterocycles. The van der Waals surface area contributed by atoms with E-state index in [1.165, 1.54) is 35.3 Å². The Kier molecular flexibility index (Phi) is 5.31. The molecule has 32 heavy (non-hydrogen) atoms. The summed E-state index contributed by atoms with van der Waals surface area (Å²) < 4.78 is 0. The van der Waals surface area contributed by atoms with Gasteiger partial charge in [-0.3, -0.25) is 34.3 Å². The van der Waals surface area contributed by atoms with E-state index >= 15 is 0 Å². The Morgan fingerprint density at radius 1 is 1.16 bits per heavy atom. The average molecular weight is 450 g/mol. The highest BCUT2D eigenvalue weighted by molar-refractivity contribution is 7.14. The number of aromatic nitrogens is 1. The van der Waals surface area contributed by atoms with Crippen LogP contribution in [0.4, 0.5) is 16.5 Å².